The Kier molecular flexibility index (Phi) is 2.77. The van der Waals surface area contributed by atoms with E-state index in [0.717, 1.165) is 5.56 Å². The van der Waals surface area contributed by atoms with Crippen LogP contribution in [0.2, 0.25) is 0 Å². The number of thioether (sulfide) groups is 2. The highest BCUT2D eigenvalue weighted by Crippen LogP contribution is 2.63. The molecule has 0 spiro atoms. The second-order valence-corrected chi connectivity index (χ2v) is 7.52. The van der Waals surface area contributed by atoms with E-state index in [9.17, 15) is 5.11 Å². The number of benzene rings is 2. The first kappa shape index (κ1) is 11.3. The molecule has 0 saturated carbocycles. The van der Waals surface area contributed by atoms with Gasteiger partial charge in [-0.25, -0.2) is 0 Å². The number of alkyl halides is 1. The first-order valence-corrected chi connectivity index (χ1v) is 7.14. The van der Waals surface area contributed by atoms with Crippen molar-refractivity contribution in [3.8, 4) is 5.75 Å². The number of hydrogen-bond acceptors (Lipinski definition) is 3. The fourth-order valence-electron chi connectivity index (χ4n) is 1.70. The molecule has 86 valence electrons. The molecule has 17 heavy (non-hydrogen) atoms. The lowest BCUT2D eigenvalue weighted by molar-refractivity contribution is 0.475. The van der Waals surface area contributed by atoms with Gasteiger partial charge in [-0.3, -0.25) is 0 Å². The molecular formula is C13H9ClOS2. The lowest BCUT2D eigenvalue weighted by atomic mass is 10.2. The van der Waals surface area contributed by atoms with Gasteiger partial charge in [0.05, 0.1) is 0 Å². The van der Waals surface area contributed by atoms with E-state index in [1.165, 1.54) is 9.79 Å². The zero-order valence-electron chi connectivity index (χ0n) is 8.76. The molecule has 0 amide bonds. The van der Waals surface area contributed by atoms with Crippen LogP contribution < -0.4 is 0 Å². The predicted octanol–water partition coefficient (Wildman–Crippen LogP) is 4.64. The van der Waals surface area contributed by atoms with E-state index in [4.69, 9.17) is 11.6 Å². The zero-order valence-corrected chi connectivity index (χ0v) is 11.1. The fourth-order valence-corrected chi connectivity index (χ4v) is 4.98. The molecule has 0 aliphatic carbocycles. The summed E-state index contributed by atoms with van der Waals surface area (Å²) in [5.74, 6) is 0.263. The van der Waals surface area contributed by atoms with Gasteiger partial charge >= 0.3 is 0 Å². The van der Waals surface area contributed by atoms with E-state index in [1.54, 1.807) is 35.7 Å². The number of fused-ring (bicyclic) bond motifs is 1. The highest BCUT2D eigenvalue weighted by molar-refractivity contribution is 8.21. The van der Waals surface area contributed by atoms with Gasteiger partial charge < -0.3 is 5.11 Å². The van der Waals surface area contributed by atoms with Crippen LogP contribution in [0.4, 0.5) is 0 Å². The Morgan fingerprint density at radius 2 is 1.41 bits per heavy atom. The van der Waals surface area contributed by atoms with E-state index in [1.807, 2.05) is 24.3 Å². The summed E-state index contributed by atoms with van der Waals surface area (Å²) in [6.07, 6.45) is 0. The maximum atomic E-state index is 9.30. The molecule has 3 rings (SSSR count). The summed E-state index contributed by atoms with van der Waals surface area (Å²) < 4.78 is -0.516. The monoisotopic (exact) mass is 280 g/mol. The first-order valence-electron chi connectivity index (χ1n) is 5.13. The average molecular weight is 281 g/mol. The number of aromatic hydroxyl groups is 1. The Bertz CT molecular complexity index is 529. The molecule has 0 bridgehead atoms. The van der Waals surface area contributed by atoms with Crippen molar-refractivity contribution in [1.82, 2.24) is 0 Å². The summed E-state index contributed by atoms with van der Waals surface area (Å²) in [7, 11) is 0. The van der Waals surface area contributed by atoms with Gasteiger partial charge in [0.1, 0.15) is 5.75 Å². The van der Waals surface area contributed by atoms with Crippen LogP contribution in [0.25, 0.3) is 0 Å². The van der Waals surface area contributed by atoms with E-state index >= 15 is 0 Å². The highest BCUT2D eigenvalue weighted by atomic mass is 35.5. The summed E-state index contributed by atoms with van der Waals surface area (Å²) in [5.41, 5.74) is 1.00. The Hall–Kier alpha value is -0.770. The quantitative estimate of drug-likeness (QED) is 0.769. The smallest absolute Gasteiger partial charge is 0.169 e. The Morgan fingerprint density at radius 1 is 0.882 bits per heavy atom. The summed E-state index contributed by atoms with van der Waals surface area (Å²) in [4.78, 5) is 2.42. The lowest BCUT2D eigenvalue weighted by Gasteiger charge is -2.19. The molecule has 1 aliphatic heterocycles. The molecule has 0 unspecified atom stereocenters. The Labute approximate surface area is 113 Å². The maximum absolute atomic E-state index is 9.30. The van der Waals surface area contributed by atoms with Crippen molar-refractivity contribution in [3.63, 3.8) is 0 Å². The number of halogens is 1. The third-order valence-electron chi connectivity index (χ3n) is 2.54. The van der Waals surface area contributed by atoms with E-state index in [-0.39, 0.29) is 5.75 Å². The predicted molar refractivity (Wildman–Crippen MR) is 73.8 cm³/mol. The maximum Gasteiger partial charge on any atom is 0.169 e. The van der Waals surface area contributed by atoms with Crippen molar-refractivity contribution < 1.29 is 5.11 Å². The van der Waals surface area contributed by atoms with Crippen LogP contribution in [0.3, 0.4) is 0 Å². The van der Waals surface area contributed by atoms with Gasteiger partial charge in [0.15, 0.2) is 3.54 Å². The third kappa shape index (κ3) is 2.03. The van der Waals surface area contributed by atoms with Gasteiger partial charge in [0.2, 0.25) is 0 Å². The van der Waals surface area contributed by atoms with Gasteiger partial charge in [-0.1, -0.05) is 59.4 Å². The molecule has 1 nitrogen and oxygen atoms in total. The average Bonchev–Trinajstić information content (AvgIpc) is 2.67. The van der Waals surface area contributed by atoms with Crippen LogP contribution in [0.1, 0.15) is 5.56 Å². The molecule has 0 fully saturated rings. The van der Waals surface area contributed by atoms with Gasteiger partial charge in [0.25, 0.3) is 0 Å². The Balaban J connectivity index is 1.98. The van der Waals surface area contributed by atoms with E-state index in [0.29, 0.717) is 0 Å². The molecule has 1 N–H and O–H groups in total. The Morgan fingerprint density at radius 3 is 1.94 bits per heavy atom. The van der Waals surface area contributed by atoms with Crippen LogP contribution in [-0.4, -0.2) is 5.11 Å². The van der Waals surface area contributed by atoms with Crippen LogP contribution in [0.15, 0.2) is 58.3 Å². The van der Waals surface area contributed by atoms with Gasteiger partial charge in [-0.2, -0.15) is 0 Å². The van der Waals surface area contributed by atoms with Crippen molar-refractivity contribution in [2.75, 3.05) is 0 Å². The van der Waals surface area contributed by atoms with Crippen LogP contribution in [0.5, 0.6) is 5.75 Å². The molecule has 0 saturated heterocycles. The molecule has 1 aliphatic rings. The third-order valence-corrected chi connectivity index (χ3v) is 6.00. The highest BCUT2D eigenvalue weighted by Gasteiger charge is 2.38. The van der Waals surface area contributed by atoms with Gasteiger partial charge in [0, 0.05) is 9.79 Å². The standard InChI is InChI=1S/C13H9ClOS2/c14-13(9-5-7-10(15)8-6-9)16-11-3-1-2-4-12(11)17-13/h1-8,15H. The molecule has 0 atom stereocenters. The number of hydrogen-bond donors (Lipinski definition) is 1. The molecule has 2 aromatic rings. The minimum absolute atomic E-state index is 0.263. The van der Waals surface area contributed by atoms with E-state index in [2.05, 4.69) is 12.1 Å². The number of phenols is 1. The molecular weight excluding hydrogens is 272 g/mol. The van der Waals surface area contributed by atoms with Crippen LogP contribution in [0, 0.1) is 0 Å². The second-order valence-electron chi connectivity index (χ2n) is 3.73. The number of phenolic OH excluding ortho intramolecular Hbond substituents is 1. The van der Waals surface area contributed by atoms with Crippen molar-refractivity contribution in [1.29, 1.82) is 0 Å². The minimum Gasteiger partial charge on any atom is -0.508 e. The summed E-state index contributed by atoms with van der Waals surface area (Å²) >= 11 is 9.95. The molecule has 4 heteroatoms. The lowest BCUT2D eigenvalue weighted by Crippen LogP contribution is -2.03. The van der Waals surface area contributed by atoms with E-state index < -0.39 is 3.54 Å². The van der Waals surface area contributed by atoms with Gasteiger partial charge in [-0.15, -0.1) is 0 Å². The molecule has 0 radical (unpaired) electrons. The van der Waals surface area contributed by atoms with Crippen LogP contribution in [-0.2, 0) is 3.54 Å². The van der Waals surface area contributed by atoms with Crippen molar-refractivity contribution in [3.05, 3.63) is 54.1 Å². The SMILES string of the molecule is Oc1ccc(C2(Cl)Sc3ccccc3S2)cc1. The van der Waals surface area contributed by atoms with Crippen LogP contribution >= 0.6 is 35.1 Å². The van der Waals surface area contributed by atoms with Gasteiger partial charge in [-0.05, 0) is 29.8 Å². The fraction of sp³-hybridized carbons (Fsp3) is 0.0769. The molecule has 1 heterocycles. The minimum atomic E-state index is -0.516. The summed E-state index contributed by atoms with van der Waals surface area (Å²) in [5, 5.41) is 9.30. The summed E-state index contributed by atoms with van der Waals surface area (Å²) in [6.45, 7) is 0. The topological polar surface area (TPSA) is 20.2 Å². The second kappa shape index (κ2) is 4.16. The first-order chi connectivity index (χ1) is 8.17. The van der Waals surface area contributed by atoms with Crippen molar-refractivity contribution >= 4 is 35.1 Å². The van der Waals surface area contributed by atoms with Crippen molar-refractivity contribution in [2.45, 2.75) is 13.3 Å². The molecule has 0 aromatic heterocycles. The molecule has 2 aromatic carbocycles. The normalized spacial score (nSPS) is 16.8. The van der Waals surface area contributed by atoms with Crippen molar-refractivity contribution in [2.24, 2.45) is 0 Å². The number of rotatable bonds is 1. The largest absolute Gasteiger partial charge is 0.508 e. The zero-order chi connectivity index (χ0) is 11.9. The summed E-state index contributed by atoms with van der Waals surface area (Å²) in [6, 6.07) is 15.3.